The molecule has 4 unspecified atom stereocenters. The zero-order valence-electron chi connectivity index (χ0n) is 21.1. The van der Waals surface area contributed by atoms with Crippen LogP contribution in [0.5, 0.6) is 5.75 Å². The van der Waals surface area contributed by atoms with Crippen molar-refractivity contribution in [2.75, 3.05) is 6.61 Å². The minimum atomic E-state index is -0.226. The van der Waals surface area contributed by atoms with Crippen molar-refractivity contribution < 1.29 is 9.13 Å². The molecule has 184 valence electrons. The third kappa shape index (κ3) is 6.64. The minimum Gasteiger partial charge on any atom is -0.486 e. The number of fused-ring (bicyclic) bond motifs is 1. The van der Waals surface area contributed by atoms with Crippen LogP contribution in [-0.4, -0.2) is 6.61 Å². The second-order valence-electron chi connectivity index (χ2n) is 11.5. The van der Waals surface area contributed by atoms with Gasteiger partial charge >= 0.3 is 0 Å². The van der Waals surface area contributed by atoms with Gasteiger partial charge in [-0.25, -0.2) is 4.39 Å². The van der Waals surface area contributed by atoms with Crippen molar-refractivity contribution in [2.45, 2.75) is 109 Å². The molecule has 0 aromatic heterocycles. The molecule has 3 saturated carbocycles. The standard InChI is InChI=1S/C31H47FO/c1-3-5-6-7-8-23-9-10-28-21-27(16-15-26(28)20-23)24-11-13-25(14-12-24)29-17-18-31(30(32)22-29)33-19-4-2/h4,17-18,22-28H,2-3,5-16,19-21H2,1H3. The molecule has 3 fully saturated rings. The molecule has 0 N–H and O–H groups in total. The number of hydrogen-bond acceptors (Lipinski definition) is 1. The fraction of sp³-hybridized carbons (Fsp3) is 0.742. The maximum absolute atomic E-state index is 14.4. The monoisotopic (exact) mass is 454 g/mol. The molecule has 0 radical (unpaired) electrons. The summed E-state index contributed by atoms with van der Waals surface area (Å²) in [5.41, 5.74) is 1.16. The molecule has 3 aliphatic rings. The third-order valence-electron chi connectivity index (χ3n) is 9.45. The van der Waals surface area contributed by atoms with Crippen molar-refractivity contribution in [3.63, 3.8) is 0 Å². The maximum Gasteiger partial charge on any atom is 0.165 e. The Kier molecular flexibility index (Phi) is 9.33. The molecule has 0 amide bonds. The molecule has 0 spiro atoms. The summed E-state index contributed by atoms with van der Waals surface area (Å²) in [5, 5.41) is 0. The molecular weight excluding hydrogens is 407 g/mol. The Bertz CT molecular complexity index is 734. The number of ether oxygens (including phenoxy) is 1. The van der Waals surface area contributed by atoms with Gasteiger partial charge < -0.3 is 4.74 Å². The Morgan fingerprint density at radius 3 is 2.30 bits per heavy atom. The topological polar surface area (TPSA) is 9.23 Å². The van der Waals surface area contributed by atoms with E-state index in [1.807, 2.05) is 6.07 Å². The average Bonchev–Trinajstić information content (AvgIpc) is 2.85. The van der Waals surface area contributed by atoms with E-state index in [9.17, 15) is 4.39 Å². The van der Waals surface area contributed by atoms with Gasteiger partial charge in [-0.1, -0.05) is 64.2 Å². The summed E-state index contributed by atoms with van der Waals surface area (Å²) in [6, 6.07) is 5.61. The molecule has 2 heteroatoms. The van der Waals surface area contributed by atoms with Crippen LogP contribution in [0.25, 0.3) is 0 Å². The highest BCUT2D eigenvalue weighted by Gasteiger charge is 2.38. The first-order valence-corrected chi connectivity index (χ1v) is 14.2. The van der Waals surface area contributed by atoms with Crippen LogP contribution >= 0.6 is 0 Å². The normalized spacial score (nSPS) is 32.2. The van der Waals surface area contributed by atoms with E-state index < -0.39 is 0 Å². The van der Waals surface area contributed by atoms with Crippen LogP contribution in [0.2, 0.25) is 0 Å². The van der Waals surface area contributed by atoms with Crippen LogP contribution in [0.15, 0.2) is 30.9 Å². The third-order valence-corrected chi connectivity index (χ3v) is 9.45. The molecule has 33 heavy (non-hydrogen) atoms. The molecule has 4 atom stereocenters. The Balaban J connectivity index is 1.21. The fourth-order valence-corrected chi connectivity index (χ4v) is 7.53. The highest BCUT2D eigenvalue weighted by atomic mass is 19.1. The molecule has 4 rings (SSSR count). The maximum atomic E-state index is 14.4. The Labute approximate surface area is 202 Å². The van der Waals surface area contributed by atoms with Gasteiger partial charge in [-0.2, -0.15) is 0 Å². The molecule has 0 heterocycles. The highest BCUT2D eigenvalue weighted by molar-refractivity contribution is 5.31. The smallest absolute Gasteiger partial charge is 0.165 e. The Morgan fingerprint density at radius 2 is 1.58 bits per heavy atom. The number of benzene rings is 1. The summed E-state index contributed by atoms with van der Waals surface area (Å²) in [6.07, 6.45) is 23.0. The van der Waals surface area contributed by atoms with E-state index in [0.717, 1.165) is 35.2 Å². The molecule has 0 bridgehead atoms. The van der Waals surface area contributed by atoms with E-state index in [-0.39, 0.29) is 5.82 Å². The van der Waals surface area contributed by atoms with Crippen molar-refractivity contribution in [3.05, 3.63) is 42.2 Å². The van der Waals surface area contributed by atoms with Gasteiger partial charge in [0.25, 0.3) is 0 Å². The Hall–Kier alpha value is -1.31. The lowest BCUT2D eigenvalue weighted by atomic mass is 9.60. The van der Waals surface area contributed by atoms with E-state index in [1.54, 1.807) is 12.1 Å². The molecule has 1 aromatic carbocycles. The van der Waals surface area contributed by atoms with Crippen LogP contribution in [0, 0.1) is 35.4 Å². The fourth-order valence-electron chi connectivity index (χ4n) is 7.53. The zero-order chi connectivity index (χ0) is 23.0. The number of rotatable bonds is 10. The summed E-state index contributed by atoms with van der Waals surface area (Å²) in [6.45, 7) is 6.30. The molecule has 1 aromatic rings. The lowest BCUT2D eigenvalue weighted by Gasteiger charge is -2.45. The van der Waals surface area contributed by atoms with Crippen molar-refractivity contribution in [1.82, 2.24) is 0 Å². The number of halogens is 1. The van der Waals surface area contributed by atoms with Gasteiger partial charge in [-0.15, -0.1) is 0 Å². The van der Waals surface area contributed by atoms with Gasteiger partial charge in [-0.05, 0) is 111 Å². The van der Waals surface area contributed by atoms with Crippen LogP contribution < -0.4 is 4.74 Å². The van der Waals surface area contributed by atoms with E-state index in [1.165, 1.54) is 96.3 Å². The molecule has 0 aliphatic heterocycles. The van der Waals surface area contributed by atoms with Crippen LogP contribution in [0.4, 0.5) is 4.39 Å². The predicted molar refractivity (Wildman–Crippen MR) is 137 cm³/mol. The van der Waals surface area contributed by atoms with Crippen molar-refractivity contribution in [1.29, 1.82) is 0 Å². The first kappa shape index (κ1) is 24.8. The lowest BCUT2D eigenvalue weighted by molar-refractivity contribution is 0.0613. The highest BCUT2D eigenvalue weighted by Crippen LogP contribution is 2.50. The van der Waals surface area contributed by atoms with Crippen LogP contribution in [0.1, 0.15) is 115 Å². The van der Waals surface area contributed by atoms with Gasteiger partial charge in [0.15, 0.2) is 11.6 Å². The summed E-state index contributed by atoms with van der Waals surface area (Å²) in [5.74, 6) is 5.59. The SMILES string of the molecule is C=CCOc1ccc(C2CCC(C3CCC4CC(CCCCCC)CCC4C3)CC2)cc1F. The van der Waals surface area contributed by atoms with E-state index in [2.05, 4.69) is 19.6 Å². The van der Waals surface area contributed by atoms with Gasteiger partial charge in [0.05, 0.1) is 0 Å². The molecule has 1 nitrogen and oxygen atoms in total. The second-order valence-corrected chi connectivity index (χ2v) is 11.5. The van der Waals surface area contributed by atoms with Crippen molar-refractivity contribution in [3.8, 4) is 5.75 Å². The predicted octanol–water partition coefficient (Wildman–Crippen LogP) is 9.47. The quantitative estimate of drug-likeness (QED) is 0.253. The second kappa shape index (κ2) is 12.4. The average molecular weight is 455 g/mol. The first-order chi connectivity index (χ1) is 16.2. The molecule has 0 saturated heterocycles. The van der Waals surface area contributed by atoms with Gasteiger partial charge in [0, 0.05) is 0 Å². The van der Waals surface area contributed by atoms with Crippen LogP contribution in [0.3, 0.4) is 0 Å². The molecule has 3 aliphatic carbocycles. The van der Waals surface area contributed by atoms with Gasteiger partial charge in [0.2, 0.25) is 0 Å². The van der Waals surface area contributed by atoms with Crippen molar-refractivity contribution in [2.24, 2.45) is 29.6 Å². The summed E-state index contributed by atoms with van der Waals surface area (Å²) < 4.78 is 19.8. The van der Waals surface area contributed by atoms with E-state index >= 15 is 0 Å². The first-order valence-electron chi connectivity index (χ1n) is 14.2. The Morgan fingerprint density at radius 1 is 0.879 bits per heavy atom. The summed E-state index contributed by atoms with van der Waals surface area (Å²) in [7, 11) is 0. The molecular formula is C31H47FO. The van der Waals surface area contributed by atoms with E-state index in [0.29, 0.717) is 18.3 Å². The zero-order valence-corrected chi connectivity index (χ0v) is 21.1. The number of unbranched alkanes of at least 4 members (excludes halogenated alkanes) is 3. The van der Waals surface area contributed by atoms with Crippen LogP contribution in [-0.2, 0) is 0 Å². The van der Waals surface area contributed by atoms with E-state index in [4.69, 9.17) is 4.74 Å². The van der Waals surface area contributed by atoms with Crippen molar-refractivity contribution >= 4 is 0 Å². The minimum absolute atomic E-state index is 0.226. The summed E-state index contributed by atoms with van der Waals surface area (Å²) >= 11 is 0. The van der Waals surface area contributed by atoms with Gasteiger partial charge in [-0.3, -0.25) is 0 Å². The van der Waals surface area contributed by atoms with Gasteiger partial charge in [0.1, 0.15) is 6.61 Å². The summed E-state index contributed by atoms with van der Waals surface area (Å²) in [4.78, 5) is 0. The number of hydrogen-bond donors (Lipinski definition) is 0. The largest absolute Gasteiger partial charge is 0.486 e. The lowest BCUT2D eigenvalue weighted by Crippen LogP contribution is -2.34.